The van der Waals surface area contributed by atoms with Crippen molar-refractivity contribution in [2.24, 2.45) is 0 Å². The van der Waals surface area contributed by atoms with Crippen LogP contribution in [0.1, 0.15) is 19.8 Å². The lowest BCUT2D eigenvalue weighted by atomic mass is 10.2. The summed E-state index contributed by atoms with van der Waals surface area (Å²) in [6.07, 6.45) is 4.16. The van der Waals surface area contributed by atoms with E-state index in [-0.39, 0.29) is 18.0 Å². The van der Waals surface area contributed by atoms with Gasteiger partial charge in [0.05, 0.1) is 6.04 Å². The molecule has 2 atom stereocenters. The van der Waals surface area contributed by atoms with Gasteiger partial charge in [0, 0.05) is 11.8 Å². The number of hydrogen-bond acceptors (Lipinski definition) is 3. The van der Waals surface area contributed by atoms with Gasteiger partial charge >= 0.3 is 0 Å². The van der Waals surface area contributed by atoms with Gasteiger partial charge in [0.15, 0.2) is 0 Å². The van der Waals surface area contributed by atoms with Crippen LogP contribution in [0.15, 0.2) is 0 Å². The summed E-state index contributed by atoms with van der Waals surface area (Å²) in [5.74, 6) is 1.15. The van der Waals surface area contributed by atoms with Crippen LogP contribution in [-0.4, -0.2) is 36.5 Å². The molecule has 1 fully saturated rings. The van der Waals surface area contributed by atoms with Gasteiger partial charge in [-0.2, -0.15) is 11.8 Å². The molecule has 1 aliphatic heterocycles. The average Bonchev–Trinajstić information content (AvgIpc) is 2.55. The molecule has 4 heteroatoms. The normalized spacial score (nSPS) is 24.3. The summed E-state index contributed by atoms with van der Waals surface area (Å²) in [6, 6.07) is 0.342. The van der Waals surface area contributed by atoms with Crippen LogP contribution in [0.2, 0.25) is 0 Å². The minimum absolute atomic E-state index is 0.0595. The van der Waals surface area contributed by atoms with Crippen LogP contribution >= 0.6 is 11.8 Å². The Bertz CT molecular complexity index is 169. The first-order chi connectivity index (χ1) is 6.24. The molecule has 1 saturated heterocycles. The first kappa shape index (κ1) is 10.9. The Morgan fingerprint density at radius 3 is 3.08 bits per heavy atom. The Hall–Kier alpha value is -0.220. The standard InChI is InChI=1S/C9H18N2OS/c1-7(6-13-2)11-9(12)8-4-3-5-10-8/h7-8,10H,3-6H2,1-2H3,(H,11,12). The van der Waals surface area contributed by atoms with Crippen molar-refractivity contribution in [1.82, 2.24) is 10.6 Å². The maximum Gasteiger partial charge on any atom is 0.237 e. The van der Waals surface area contributed by atoms with E-state index in [1.165, 1.54) is 0 Å². The lowest BCUT2D eigenvalue weighted by Gasteiger charge is -2.16. The molecule has 0 saturated carbocycles. The van der Waals surface area contributed by atoms with Crippen molar-refractivity contribution < 1.29 is 4.79 Å². The molecule has 1 rings (SSSR count). The number of carbonyl (C=O) groups excluding carboxylic acids is 1. The van der Waals surface area contributed by atoms with Crippen LogP contribution in [-0.2, 0) is 4.79 Å². The van der Waals surface area contributed by atoms with Crippen LogP contribution in [0.4, 0.5) is 0 Å². The van der Waals surface area contributed by atoms with Crippen LogP contribution in [0, 0.1) is 0 Å². The van der Waals surface area contributed by atoms with Gasteiger partial charge in [-0.25, -0.2) is 0 Å². The Kier molecular flexibility index (Phi) is 4.59. The van der Waals surface area contributed by atoms with E-state index in [0.29, 0.717) is 0 Å². The molecular formula is C9H18N2OS. The highest BCUT2D eigenvalue weighted by molar-refractivity contribution is 7.98. The van der Waals surface area contributed by atoms with Gasteiger partial charge in [0.2, 0.25) is 5.91 Å². The Balaban J connectivity index is 2.23. The van der Waals surface area contributed by atoms with E-state index in [2.05, 4.69) is 16.9 Å². The monoisotopic (exact) mass is 202 g/mol. The van der Waals surface area contributed by atoms with Crippen molar-refractivity contribution in [2.75, 3.05) is 18.6 Å². The average molecular weight is 202 g/mol. The van der Waals surface area contributed by atoms with E-state index < -0.39 is 0 Å². The molecule has 0 aromatic carbocycles. The summed E-state index contributed by atoms with van der Waals surface area (Å²) in [7, 11) is 0. The highest BCUT2D eigenvalue weighted by atomic mass is 32.2. The fourth-order valence-electron chi connectivity index (χ4n) is 1.54. The predicted molar refractivity (Wildman–Crippen MR) is 57.0 cm³/mol. The topological polar surface area (TPSA) is 41.1 Å². The molecule has 1 amide bonds. The molecule has 0 aliphatic carbocycles. The van der Waals surface area contributed by atoms with Crippen LogP contribution in [0.25, 0.3) is 0 Å². The molecule has 76 valence electrons. The molecule has 0 radical (unpaired) electrons. The van der Waals surface area contributed by atoms with Crippen molar-refractivity contribution >= 4 is 17.7 Å². The lowest BCUT2D eigenvalue weighted by Crippen LogP contribution is -2.44. The third kappa shape index (κ3) is 3.56. The van der Waals surface area contributed by atoms with Gasteiger partial charge in [-0.15, -0.1) is 0 Å². The number of hydrogen-bond donors (Lipinski definition) is 2. The highest BCUT2D eigenvalue weighted by Crippen LogP contribution is 2.05. The van der Waals surface area contributed by atoms with Crippen molar-refractivity contribution in [1.29, 1.82) is 0 Å². The second-order valence-corrected chi connectivity index (χ2v) is 4.42. The summed E-state index contributed by atoms with van der Waals surface area (Å²) < 4.78 is 0. The molecule has 13 heavy (non-hydrogen) atoms. The van der Waals surface area contributed by atoms with Gasteiger partial charge < -0.3 is 10.6 Å². The summed E-state index contributed by atoms with van der Waals surface area (Å²) in [5.41, 5.74) is 0. The zero-order valence-corrected chi connectivity index (χ0v) is 9.12. The van der Waals surface area contributed by atoms with E-state index in [1.807, 2.05) is 6.92 Å². The van der Waals surface area contributed by atoms with E-state index in [1.54, 1.807) is 11.8 Å². The number of amides is 1. The first-order valence-electron chi connectivity index (χ1n) is 4.76. The van der Waals surface area contributed by atoms with Crippen LogP contribution < -0.4 is 10.6 Å². The van der Waals surface area contributed by atoms with Gasteiger partial charge in [-0.05, 0) is 32.6 Å². The Morgan fingerprint density at radius 1 is 1.77 bits per heavy atom. The lowest BCUT2D eigenvalue weighted by molar-refractivity contribution is -0.123. The van der Waals surface area contributed by atoms with Crippen LogP contribution in [0.3, 0.4) is 0 Å². The predicted octanol–water partition coefficient (Wildman–Crippen LogP) is 0.606. The molecule has 0 aromatic heterocycles. The number of rotatable bonds is 4. The molecule has 0 spiro atoms. The summed E-state index contributed by atoms with van der Waals surface area (Å²) in [5, 5.41) is 6.19. The molecule has 2 N–H and O–H groups in total. The highest BCUT2D eigenvalue weighted by Gasteiger charge is 2.22. The van der Waals surface area contributed by atoms with Crippen molar-refractivity contribution in [3.8, 4) is 0 Å². The van der Waals surface area contributed by atoms with Gasteiger partial charge in [0.1, 0.15) is 0 Å². The second kappa shape index (κ2) is 5.50. The zero-order valence-electron chi connectivity index (χ0n) is 8.30. The Morgan fingerprint density at radius 2 is 2.54 bits per heavy atom. The van der Waals surface area contributed by atoms with E-state index in [4.69, 9.17) is 0 Å². The Labute approximate surface area is 84.0 Å². The van der Waals surface area contributed by atoms with E-state index in [0.717, 1.165) is 25.1 Å². The molecule has 0 aromatic rings. The maximum absolute atomic E-state index is 11.5. The summed E-state index contributed by atoms with van der Waals surface area (Å²) in [4.78, 5) is 11.5. The molecule has 1 heterocycles. The largest absolute Gasteiger partial charge is 0.351 e. The van der Waals surface area contributed by atoms with Gasteiger partial charge in [-0.1, -0.05) is 0 Å². The molecule has 1 aliphatic rings. The smallest absolute Gasteiger partial charge is 0.237 e. The number of carbonyl (C=O) groups is 1. The minimum atomic E-state index is 0.0595. The van der Waals surface area contributed by atoms with Gasteiger partial charge in [-0.3, -0.25) is 4.79 Å². The fourth-order valence-corrected chi connectivity index (χ4v) is 2.13. The summed E-state index contributed by atoms with van der Waals surface area (Å²) >= 11 is 1.76. The van der Waals surface area contributed by atoms with Crippen molar-refractivity contribution in [2.45, 2.75) is 31.8 Å². The van der Waals surface area contributed by atoms with Crippen molar-refractivity contribution in [3.05, 3.63) is 0 Å². The fraction of sp³-hybridized carbons (Fsp3) is 0.889. The third-order valence-electron chi connectivity index (χ3n) is 2.18. The SMILES string of the molecule is CSCC(C)NC(=O)C1CCCN1. The van der Waals surface area contributed by atoms with Gasteiger partial charge in [0.25, 0.3) is 0 Å². The first-order valence-corrected chi connectivity index (χ1v) is 6.16. The summed E-state index contributed by atoms with van der Waals surface area (Å²) in [6.45, 7) is 3.03. The maximum atomic E-state index is 11.5. The van der Waals surface area contributed by atoms with E-state index in [9.17, 15) is 4.79 Å². The van der Waals surface area contributed by atoms with Crippen molar-refractivity contribution in [3.63, 3.8) is 0 Å². The van der Waals surface area contributed by atoms with Crippen LogP contribution in [0.5, 0.6) is 0 Å². The molecule has 3 nitrogen and oxygen atoms in total. The molecule has 0 bridgehead atoms. The minimum Gasteiger partial charge on any atom is -0.351 e. The quantitative estimate of drug-likeness (QED) is 0.701. The van der Waals surface area contributed by atoms with E-state index >= 15 is 0 Å². The second-order valence-electron chi connectivity index (χ2n) is 3.51. The number of thioether (sulfide) groups is 1. The molecular weight excluding hydrogens is 184 g/mol. The molecule has 2 unspecified atom stereocenters. The third-order valence-corrected chi connectivity index (χ3v) is 3.02. The number of nitrogens with one attached hydrogen (secondary N) is 2. The zero-order chi connectivity index (χ0) is 9.68.